The van der Waals surface area contributed by atoms with Crippen LogP contribution in [0.4, 0.5) is 5.82 Å². The molecule has 0 aromatic carbocycles. The molecule has 1 aliphatic rings. The summed E-state index contributed by atoms with van der Waals surface area (Å²) in [5.41, 5.74) is 0. The van der Waals surface area contributed by atoms with Crippen molar-refractivity contribution >= 4 is 17.4 Å². The summed E-state index contributed by atoms with van der Waals surface area (Å²) in [5.74, 6) is 0.758. The molecule has 0 spiro atoms. The second kappa shape index (κ2) is 4.11. The number of ether oxygens (including phenoxy) is 1. The Labute approximate surface area is 87.9 Å². The fourth-order valence-corrected chi connectivity index (χ4v) is 1.86. The van der Waals surface area contributed by atoms with Gasteiger partial charge in [-0.25, -0.2) is 9.97 Å². The molecule has 1 aromatic rings. The third-order valence-electron chi connectivity index (χ3n) is 2.41. The highest BCUT2D eigenvalue weighted by molar-refractivity contribution is 6.31. The maximum absolute atomic E-state index is 5.94. The van der Waals surface area contributed by atoms with E-state index in [9.17, 15) is 0 Å². The van der Waals surface area contributed by atoms with Crippen LogP contribution in [0, 0.1) is 0 Å². The molecule has 0 bridgehead atoms. The van der Waals surface area contributed by atoms with Gasteiger partial charge in [0.2, 0.25) is 0 Å². The summed E-state index contributed by atoms with van der Waals surface area (Å²) in [6.07, 6.45) is 4.55. The van der Waals surface area contributed by atoms with Crippen LogP contribution in [0.5, 0.6) is 0 Å². The number of anilines is 1. The lowest BCUT2D eigenvalue weighted by atomic mass is 10.3. The molecule has 76 valence electrons. The molecule has 4 nitrogen and oxygen atoms in total. The molecular formula is C9H12ClN3O. The number of methoxy groups -OCH3 is 1. The van der Waals surface area contributed by atoms with Crippen LogP contribution in [-0.2, 0) is 4.74 Å². The first kappa shape index (κ1) is 9.68. The Hall–Kier alpha value is -0.870. The number of nitrogens with zero attached hydrogens (tertiary/aromatic N) is 3. The molecule has 14 heavy (non-hydrogen) atoms. The predicted molar refractivity (Wildman–Crippen MR) is 54.7 cm³/mol. The highest BCUT2D eigenvalue weighted by Gasteiger charge is 2.24. The zero-order valence-electron chi connectivity index (χ0n) is 7.98. The van der Waals surface area contributed by atoms with Gasteiger partial charge in [-0.15, -0.1) is 0 Å². The van der Waals surface area contributed by atoms with Crippen molar-refractivity contribution in [2.24, 2.45) is 0 Å². The lowest BCUT2D eigenvalue weighted by Crippen LogP contribution is -2.23. The fraction of sp³-hybridized carbons (Fsp3) is 0.556. The number of rotatable bonds is 2. The predicted octanol–water partition coefficient (Wildman–Crippen LogP) is 1.36. The Balaban J connectivity index is 2.13. The van der Waals surface area contributed by atoms with Crippen molar-refractivity contribution in [3.8, 4) is 0 Å². The molecule has 1 saturated heterocycles. The van der Waals surface area contributed by atoms with E-state index in [1.165, 1.54) is 0 Å². The SMILES string of the molecule is CO[C@H]1CCN(c2nccnc2Cl)C1. The van der Waals surface area contributed by atoms with Crippen LogP contribution >= 0.6 is 11.6 Å². The van der Waals surface area contributed by atoms with Crippen molar-refractivity contribution in [2.45, 2.75) is 12.5 Å². The fourth-order valence-electron chi connectivity index (χ4n) is 1.64. The molecule has 0 saturated carbocycles. The van der Waals surface area contributed by atoms with E-state index in [1.807, 2.05) is 0 Å². The Morgan fingerprint density at radius 1 is 1.50 bits per heavy atom. The highest BCUT2D eigenvalue weighted by atomic mass is 35.5. The van der Waals surface area contributed by atoms with Crippen LogP contribution in [0.3, 0.4) is 0 Å². The average Bonchev–Trinajstić information content (AvgIpc) is 2.67. The Morgan fingerprint density at radius 3 is 2.93 bits per heavy atom. The lowest BCUT2D eigenvalue weighted by Gasteiger charge is -2.17. The maximum Gasteiger partial charge on any atom is 0.171 e. The molecule has 2 rings (SSSR count). The largest absolute Gasteiger partial charge is 0.380 e. The van der Waals surface area contributed by atoms with Crippen LogP contribution in [0.25, 0.3) is 0 Å². The number of hydrogen-bond donors (Lipinski definition) is 0. The van der Waals surface area contributed by atoms with Gasteiger partial charge in [-0.3, -0.25) is 0 Å². The van der Waals surface area contributed by atoms with Crippen molar-refractivity contribution in [2.75, 3.05) is 25.1 Å². The minimum Gasteiger partial charge on any atom is -0.380 e. The van der Waals surface area contributed by atoms with Gasteiger partial charge in [0, 0.05) is 32.6 Å². The van der Waals surface area contributed by atoms with Crippen LogP contribution in [-0.4, -0.2) is 36.3 Å². The smallest absolute Gasteiger partial charge is 0.171 e. The Bertz CT molecular complexity index is 321. The molecule has 5 heteroatoms. The average molecular weight is 214 g/mol. The molecule has 1 aromatic heterocycles. The first-order valence-corrected chi connectivity index (χ1v) is 4.93. The Morgan fingerprint density at radius 2 is 2.29 bits per heavy atom. The second-order valence-corrected chi connectivity index (χ2v) is 3.62. The molecule has 0 N–H and O–H groups in total. The summed E-state index contributed by atoms with van der Waals surface area (Å²) in [5, 5.41) is 0.462. The zero-order chi connectivity index (χ0) is 9.97. The molecule has 1 aliphatic heterocycles. The van der Waals surface area contributed by atoms with Crippen molar-refractivity contribution in [1.29, 1.82) is 0 Å². The standard InChI is InChI=1S/C9H12ClN3O/c1-14-7-2-5-13(6-7)9-8(10)11-3-4-12-9/h3-4,7H,2,5-6H2,1H3/t7-/m0/s1. The van der Waals surface area contributed by atoms with E-state index < -0.39 is 0 Å². The Kier molecular flexibility index (Phi) is 2.84. The summed E-state index contributed by atoms with van der Waals surface area (Å²) in [6.45, 7) is 1.77. The molecule has 1 atom stereocenters. The van der Waals surface area contributed by atoms with Crippen LogP contribution in [0.15, 0.2) is 12.4 Å². The van der Waals surface area contributed by atoms with E-state index in [0.717, 1.165) is 25.3 Å². The van der Waals surface area contributed by atoms with E-state index in [-0.39, 0.29) is 6.10 Å². The normalized spacial score (nSPS) is 21.6. The van der Waals surface area contributed by atoms with Gasteiger partial charge < -0.3 is 9.64 Å². The van der Waals surface area contributed by atoms with Gasteiger partial charge in [0.25, 0.3) is 0 Å². The maximum atomic E-state index is 5.94. The minimum absolute atomic E-state index is 0.285. The van der Waals surface area contributed by atoms with Crippen molar-refractivity contribution in [3.05, 3.63) is 17.5 Å². The number of hydrogen-bond acceptors (Lipinski definition) is 4. The van der Waals surface area contributed by atoms with Gasteiger partial charge in [0.15, 0.2) is 11.0 Å². The lowest BCUT2D eigenvalue weighted by molar-refractivity contribution is 0.121. The molecule has 0 unspecified atom stereocenters. The third kappa shape index (κ3) is 1.81. The number of halogens is 1. The molecule has 2 heterocycles. The highest BCUT2D eigenvalue weighted by Crippen LogP contribution is 2.24. The van der Waals surface area contributed by atoms with E-state index in [2.05, 4.69) is 14.9 Å². The number of aromatic nitrogens is 2. The monoisotopic (exact) mass is 213 g/mol. The van der Waals surface area contributed by atoms with Gasteiger partial charge >= 0.3 is 0 Å². The summed E-state index contributed by atoms with van der Waals surface area (Å²) in [4.78, 5) is 10.3. The van der Waals surface area contributed by atoms with Crippen molar-refractivity contribution in [1.82, 2.24) is 9.97 Å². The minimum atomic E-state index is 0.285. The summed E-state index contributed by atoms with van der Waals surface area (Å²) in [7, 11) is 1.73. The first-order chi connectivity index (χ1) is 6.81. The zero-order valence-corrected chi connectivity index (χ0v) is 8.74. The second-order valence-electron chi connectivity index (χ2n) is 3.26. The molecular weight excluding hydrogens is 202 g/mol. The van der Waals surface area contributed by atoms with Crippen molar-refractivity contribution < 1.29 is 4.74 Å². The van der Waals surface area contributed by atoms with E-state index in [4.69, 9.17) is 16.3 Å². The summed E-state index contributed by atoms with van der Waals surface area (Å²) >= 11 is 5.94. The third-order valence-corrected chi connectivity index (χ3v) is 2.68. The van der Waals surface area contributed by atoms with Gasteiger partial charge in [0.1, 0.15) is 0 Å². The molecule has 0 amide bonds. The summed E-state index contributed by atoms with van der Waals surface area (Å²) in [6, 6.07) is 0. The van der Waals surface area contributed by atoms with Crippen LogP contribution in [0.1, 0.15) is 6.42 Å². The quantitative estimate of drug-likeness (QED) is 0.744. The van der Waals surface area contributed by atoms with Gasteiger partial charge in [-0.2, -0.15) is 0 Å². The first-order valence-electron chi connectivity index (χ1n) is 4.55. The van der Waals surface area contributed by atoms with E-state index in [0.29, 0.717) is 5.15 Å². The van der Waals surface area contributed by atoms with Crippen molar-refractivity contribution in [3.63, 3.8) is 0 Å². The topological polar surface area (TPSA) is 38.2 Å². The van der Waals surface area contributed by atoms with E-state index in [1.54, 1.807) is 19.5 Å². The van der Waals surface area contributed by atoms with E-state index >= 15 is 0 Å². The molecule has 1 fully saturated rings. The molecule has 0 aliphatic carbocycles. The van der Waals surface area contributed by atoms with Gasteiger partial charge in [-0.1, -0.05) is 11.6 Å². The van der Waals surface area contributed by atoms with Crippen LogP contribution in [0.2, 0.25) is 5.15 Å². The summed E-state index contributed by atoms with van der Waals surface area (Å²) < 4.78 is 5.27. The van der Waals surface area contributed by atoms with Gasteiger partial charge in [-0.05, 0) is 6.42 Å². The van der Waals surface area contributed by atoms with Gasteiger partial charge in [0.05, 0.1) is 6.10 Å². The van der Waals surface area contributed by atoms with Crippen LogP contribution < -0.4 is 4.90 Å². The molecule has 0 radical (unpaired) electrons.